The van der Waals surface area contributed by atoms with E-state index in [4.69, 9.17) is 11.6 Å². The first-order chi connectivity index (χ1) is 17.7. The summed E-state index contributed by atoms with van der Waals surface area (Å²) in [5.74, 6) is -5.96. The molecule has 3 amide bonds. The maximum Gasteiger partial charge on any atom is 0.417 e. The lowest BCUT2D eigenvalue weighted by atomic mass is 9.95. The van der Waals surface area contributed by atoms with Crippen molar-refractivity contribution in [1.82, 2.24) is 15.8 Å². The van der Waals surface area contributed by atoms with Crippen molar-refractivity contribution in [3.63, 3.8) is 0 Å². The van der Waals surface area contributed by atoms with Crippen LogP contribution in [0, 0.1) is 0 Å². The normalized spacial score (nSPS) is 13.6. The van der Waals surface area contributed by atoms with Crippen molar-refractivity contribution in [2.45, 2.75) is 24.4 Å². The highest BCUT2D eigenvalue weighted by molar-refractivity contribution is 9.10. The number of hydrogen-bond donors (Lipinski definition) is 2. The molecule has 0 fully saturated rings. The van der Waals surface area contributed by atoms with E-state index >= 15 is 0 Å². The summed E-state index contributed by atoms with van der Waals surface area (Å²) in [6.07, 6.45) is -15.2. The molecular weight excluding hydrogens is 644 g/mol. The Morgan fingerprint density at radius 3 is 2.15 bits per heavy atom. The van der Waals surface area contributed by atoms with E-state index in [1.165, 1.54) is 11.4 Å². The monoisotopic (exact) mass is 657 g/mol. The van der Waals surface area contributed by atoms with E-state index in [1.54, 1.807) is 5.43 Å². The fourth-order valence-corrected chi connectivity index (χ4v) is 3.95. The number of halogens is 12. The van der Waals surface area contributed by atoms with Crippen LogP contribution in [0.4, 0.5) is 48.7 Å². The first-order valence-electron chi connectivity index (χ1n) is 10.2. The predicted octanol–water partition coefficient (Wildman–Crippen LogP) is 7.63. The van der Waals surface area contributed by atoms with Crippen LogP contribution in [0.25, 0.3) is 5.83 Å². The highest BCUT2D eigenvalue weighted by Crippen LogP contribution is 2.41. The maximum atomic E-state index is 14.9. The lowest BCUT2D eigenvalue weighted by Gasteiger charge is -2.21. The lowest BCUT2D eigenvalue weighted by Crippen LogP contribution is -2.50. The van der Waals surface area contributed by atoms with Gasteiger partial charge >= 0.3 is 24.6 Å². The number of alkyl halides is 9. The third-order valence-corrected chi connectivity index (χ3v) is 5.45. The second-order valence-electron chi connectivity index (χ2n) is 7.77. The van der Waals surface area contributed by atoms with Crippen LogP contribution in [0.15, 0.2) is 46.9 Å². The van der Waals surface area contributed by atoms with Crippen LogP contribution in [0.3, 0.4) is 0 Å². The van der Waals surface area contributed by atoms with Crippen LogP contribution < -0.4 is 10.7 Å². The molecule has 2 aromatic carbocycles. The summed E-state index contributed by atoms with van der Waals surface area (Å²) in [4.78, 5) is 24.0. The number of benzene rings is 2. The molecule has 214 valence electrons. The quantitative estimate of drug-likeness (QED) is 0.257. The van der Waals surface area contributed by atoms with E-state index in [-0.39, 0.29) is 26.6 Å². The Bertz CT molecular complexity index is 1240. The average molecular weight is 659 g/mol. The fourth-order valence-electron chi connectivity index (χ4n) is 3.06. The molecule has 2 rings (SSSR count). The molecule has 0 aromatic heterocycles. The van der Waals surface area contributed by atoms with Gasteiger partial charge in [-0.25, -0.2) is 14.2 Å². The SMILES string of the molecule is CN(NC(=O)c1ccc(/C(F)=C/C(c2cc(Cl)cc(Br)c2)C(F)(F)F)cc1C(F)(F)F)C(=O)NCC(F)(F)F. The number of amides is 3. The smallest absolute Gasteiger partial charge is 0.327 e. The molecular formula is C22H15BrClF10N3O2. The molecule has 0 aliphatic rings. The van der Waals surface area contributed by atoms with E-state index in [1.807, 2.05) is 0 Å². The van der Waals surface area contributed by atoms with E-state index < -0.39 is 71.0 Å². The summed E-state index contributed by atoms with van der Waals surface area (Å²) in [6, 6.07) is 2.71. The largest absolute Gasteiger partial charge is 0.417 e. The Kier molecular flexibility index (Phi) is 9.93. The van der Waals surface area contributed by atoms with Crippen molar-refractivity contribution in [2.75, 3.05) is 13.6 Å². The highest BCUT2D eigenvalue weighted by Gasteiger charge is 2.41. The number of nitrogens with zero attached hydrogens (tertiary/aromatic N) is 1. The number of allylic oxidation sites excluding steroid dienone is 1. The van der Waals surface area contributed by atoms with Gasteiger partial charge in [0.15, 0.2) is 0 Å². The van der Waals surface area contributed by atoms with Crippen LogP contribution in [-0.2, 0) is 6.18 Å². The van der Waals surface area contributed by atoms with Gasteiger partial charge in [0.1, 0.15) is 18.3 Å². The molecule has 17 heteroatoms. The standard InChI is InChI=1S/C22H15BrClF10N3O2/c1-37(19(39)35-9-20(26,27)28)36-18(38)14-3-2-10(6-16(14)22(32,33)34)17(25)8-15(21(29,30)31)11-4-12(23)7-13(24)5-11/h2-8,15H,9H2,1H3,(H,35,39)(H,36,38)/b17-8-. The number of hydrogen-bond acceptors (Lipinski definition) is 2. The molecule has 2 N–H and O–H groups in total. The van der Waals surface area contributed by atoms with Gasteiger partial charge in [-0.05, 0) is 42.0 Å². The van der Waals surface area contributed by atoms with Crippen LogP contribution >= 0.6 is 27.5 Å². The van der Waals surface area contributed by atoms with Crippen molar-refractivity contribution in [3.8, 4) is 0 Å². The van der Waals surface area contributed by atoms with Gasteiger partial charge in [0, 0.05) is 22.1 Å². The first-order valence-corrected chi connectivity index (χ1v) is 11.4. The lowest BCUT2D eigenvalue weighted by molar-refractivity contribution is -0.140. The Morgan fingerprint density at radius 2 is 1.64 bits per heavy atom. The number of hydrazine groups is 1. The van der Waals surface area contributed by atoms with Gasteiger partial charge in [-0.2, -0.15) is 39.5 Å². The van der Waals surface area contributed by atoms with Crippen LogP contribution in [0.2, 0.25) is 5.02 Å². The number of nitrogens with one attached hydrogen (secondary N) is 2. The molecule has 0 aliphatic heterocycles. The molecule has 1 atom stereocenters. The molecule has 0 radical (unpaired) electrons. The van der Waals surface area contributed by atoms with Gasteiger partial charge in [0.25, 0.3) is 5.91 Å². The Morgan fingerprint density at radius 1 is 1.03 bits per heavy atom. The van der Waals surface area contributed by atoms with Crippen LogP contribution in [0.1, 0.15) is 33.0 Å². The highest BCUT2D eigenvalue weighted by atomic mass is 79.9. The van der Waals surface area contributed by atoms with Gasteiger partial charge in [-0.3, -0.25) is 10.2 Å². The third-order valence-electron chi connectivity index (χ3n) is 4.77. The number of carbonyl (C=O) groups is 2. The fraction of sp³-hybridized carbons (Fsp3) is 0.273. The van der Waals surface area contributed by atoms with Gasteiger partial charge in [0.05, 0.1) is 11.1 Å². The summed E-state index contributed by atoms with van der Waals surface area (Å²) in [5.41, 5.74) is -2.85. The van der Waals surface area contributed by atoms with Crippen molar-refractivity contribution in [2.24, 2.45) is 0 Å². The van der Waals surface area contributed by atoms with E-state index in [9.17, 15) is 53.5 Å². The van der Waals surface area contributed by atoms with Gasteiger partial charge in [-0.15, -0.1) is 0 Å². The molecule has 1 unspecified atom stereocenters. The maximum absolute atomic E-state index is 14.9. The van der Waals surface area contributed by atoms with Gasteiger partial charge < -0.3 is 5.32 Å². The average Bonchev–Trinajstić information content (AvgIpc) is 2.77. The molecule has 0 saturated carbocycles. The Balaban J connectivity index is 2.43. The number of rotatable bonds is 5. The van der Waals surface area contributed by atoms with Crippen molar-refractivity contribution in [1.29, 1.82) is 0 Å². The van der Waals surface area contributed by atoms with Crippen LogP contribution in [-0.4, -0.2) is 42.9 Å². The summed E-state index contributed by atoms with van der Waals surface area (Å²) in [5, 5.41) is 1.37. The zero-order valence-electron chi connectivity index (χ0n) is 19.1. The zero-order valence-corrected chi connectivity index (χ0v) is 21.5. The molecule has 5 nitrogen and oxygen atoms in total. The van der Waals surface area contributed by atoms with Gasteiger partial charge in [-0.1, -0.05) is 33.6 Å². The van der Waals surface area contributed by atoms with Crippen molar-refractivity contribution < 1.29 is 53.5 Å². The Hall–Kier alpha value is -3.01. The van der Waals surface area contributed by atoms with Gasteiger partial charge in [0.2, 0.25) is 0 Å². The topological polar surface area (TPSA) is 61.4 Å². The second-order valence-corrected chi connectivity index (χ2v) is 9.12. The third kappa shape index (κ3) is 9.30. The van der Waals surface area contributed by atoms with Crippen molar-refractivity contribution in [3.05, 3.63) is 74.2 Å². The minimum atomic E-state index is -5.33. The number of carbonyl (C=O) groups excluding carboxylic acids is 2. The summed E-state index contributed by atoms with van der Waals surface area (Å²) < 4.78 is 134. The second kappa shape index (κ2) is 12.0. The minimum absolute atomic E-state index is 0.0338. The van der Waals surface area contributed by atoms with Crippen LogP contribution in [0.5, 0.6) is 0 Å². The zero-order chi connectivity index (χ0) is 29.9. The van der Waals surface area contributed by atoms with Crippen molar-refractivity contribution >= 4 is 45.3 Å². The Labute approximate surface area is 226 Å². The van der Waals surface area contributed by atoms with E-state index in [0.717, 1.165) is 19.2 Å². The van der Waals surface area contributed by atoms with E-state index in [0.29, 0.717) is 12.1 Å². The molecule has 39 heavy (non-hydrogen) atoms. The molecule has 0 saturated heterocycles. The van der Waals surface area contributed by atoms with E-state index in [2.05, 4.69) is 15.9 Å². The summed E-state index contributed by atoms with van der Waals surface area (Å²) in [6.45, 7) is -1.80. The molecule has 2 aromatic rings. The minimum Gasteiger partial charge on any atom is -0.327 e. The first kappa shape index (κ1) is 32.2. The molecule has 0 aliphatic carbocycles. The molecule has 0 spiro atoms. The predicted molar refractivity (Wildman–Crippen MR) is 123 cm³/mol. The summed E-state index contributed by atoms with van der Waals surface area (Å²) in [7, 11) is 0.735. The summed E-state index contributed by atoms with van der Waals surface area (Å²) >= 11 is 8.70. The molecule has 0 heterocycles. The number of urea groups is 1. The molecule has 0 bridgehead atoms.